The number of nitrogens with zero attached hydrogens (tertiary/aromatic N) is 3. The topological polar surface area (TPSA) is 67.3 Å². The van der Waals surface area contributed by atoms with Crippen molar-refractivity contribution in [2.75, 3.05) is 24.6 Å². The third-order valence-electron chi connectivity index (χ3n) is 4.50. The molecule has 2 fully saturated rings. The second kappa shape index (κ2) is 6.50. The zero-order chi connectivity index (χ0) is 15.6. The Balaban J connectivity index is 1.49. The Bertz CT molecular complexity index is 498. The van der Waals surface area contributed by atoms with E-state index in [1.165, 1.54) is 0 Å². The average Bonchev–Trinajstić information content (AvgIpc) is 3.10. The number of hydrogen-bond acceptors (Lipinski definition) is 6. The van der Waals surface area contributed by atoms with Crippen LogP contribution in [0.2, 0.25) is 0 Å². The Morgan fingerprint density at radius 1 is 1.55 bits per heavy atom. The summed E-state index contributed by atoms with van der Waals surface area (Å²) < 4.78 is 6.13. The predicted octanol–water partition coefficient (Wildman–Crippen LogP) is 1.83. The number of nitrogens with one attached hydrogen (secondary N) is 1. The van der Waals surface area contributed by atoms with Crippen molar-refractivity contribution >= 4 is 22.4 Å². The molecule has 1 aromatic rings. The highest BCUT2D eigenvalue weighted by Crippen LogP contribution is 2.40. The van der Waals surface area contributed by atoms with E-state index in [-0.39, 0.29) is 17.6 Å². The van der Waals surface area contributed by atoms with Crippen LogP contribution in [0.4, 0.5) is 5.13 Å². The predicted molar refractivity (Wildman–Crippen MR) is 86.0 cm³/mol. The van der Waals surface area contributed by atoms with Gasteiger partial charge in [-0.2, -0.15) is 0 Å². The van der Waals surface area contributed by atoms with Gasteiger partial charge in [-0.15, -0.1) is 10.2 Å². The van der Waals surface area contributed by atoms with Crippen LogP contribution in [0.15, 0.2) is 5.51 Å². The zero-order valence-electron chi connectivity index (χ0n) is 13.2. The highest BCUT2D eigenvalue weighted by molar-refractivity contribution is 7.13. The van der Waals surface area contributed by atoms with Crippen molar-refractivity contribution in [1.82, 2.24) is 15.5 Å². The summed E-state index contributed by atoms with van der Waals surface area (Å²) in [7, 11) is 0. The van der Waals surface area contributed by atoms with Crippen LogP contribution in [-0.2, 0) is 9.53 Å². The van der Waals surface area contributed by atoms with Crippen LogP contribution in [0.3, 0.4) is 0 Å². The van der Waals surface area contributed by atoms with Gasteiger partial charge in [0.2, 0.25) is 11.0 Å². The molecule has 1 spiro atoms. The smallest absolute Gasteiger partial charge is 0.220 e. The van der Waals surface area contributed by atoms with Crippen molar-refractivity contribution in [3.63, 3.8) is 0 Å². The fraction of sp³-hybridized carbons (Fsp3) is 0.800. The van der Waals surface area contributed by atoms with E-state index in [2.05, 4.69) is 20.4 Å². The van der Waals surface area contributed by atoms with E-state index in [1.54, 1.807) is 16.8 Å². The molecule has 0 radical (unpaired) electrons. The third-order valence-corrected chi connectivity index (χ3v) is 5.25. The fourth-order valence-electron chi connectivity index (χ4n) is 3.47. The molecular weight excluding hydrogens is 300 g/mol. The Morgan fingerprint density at radius 2 is 2.32 bits per heavy atom. The van der Waals surface area contributed by atoms with Gasteiger partial charge in [0.1, 0.15) is 5.51 Å². The van der Waals surface area contributed by atoms with E-state index in [9.17, 15) is 4.79 Å². The number of amides is 1. The summed E-state index contributed by atoms with van der Waals surface area (Å²) in [6, 6.07) is 0.207. The van der Waals surface area contributed by atoms with Gasteiger partial charge >= 0.3 is 0 Å². The number of hydrogen-bond donors (Lipinski definition) is 1. The molecule has 2 saturated heterocycles. The van der Waals surface area contributed by atoms with E-state index in [4.69, 9.17) is 4.74 Å². The minimum atomic E-state index is -0.0238. The van der Waals surface area contributed by atoms with Gasteiger partial charge in [0.25, 0.3) is 0 Å². The van der Waals surface area contributed by atoms with Gasteiger partial charge in [0.15, 0.2) is 0 Å². The number of ether oxygens (including phenoxy) is 1. The van der Waals surface area contributed by atoms with E-state index < -0.39 is 0 Å². The lowest BCUT2D eigenvalue weighted by Gasteiger charge is -2.38. The van der Waals surface area contributed by atoms with Gasteiger partial charge in [-0.1, -0.05) is 11.3 Å². The molecule has 0 aromatic carbocycles. The van der Waals surface area contributed by atoms with Gasteiger partial charge in [-0.25, -0.2) is 0 Å². The molecule has 122 valence electrons. The maximum Gasteiger partial charge on any atom is 0.220 e. The summed E-state index contributed by atoms with van der Waals surface area (Å²) in [4.78, 5) is 14.2. The quantitative estimate of drug-likeness (QED) is 0.915. The molecule has 0 unspecified atom stereocenters. The first kappa shape index (κ1) is 15.7. The lowest BCUT2D eigenvalue weighted by Crippen LogP contribution is -2.44. The summed E-state index contributed by atoms with van der Waals surface area (Å²) in [5, 5.41) is 12.0. The number of rotatable bonds is 4. The number of anilines is 1. The molecule has 7 heteroatoms. The zero-order valence-corrected chi connectivity index (χ0v) is 14.1. The molecule has 2 aliphatic heterocycles. The van der Waals surface area contributed by atoms with Gasteiger partial charge in [0.05, 0.1) is 12.2 Å². The molecule has 3 rings (SSSR count). The molecular formula is C15H24N4O2S. The van der Waals surface area contributed by atoms with Crippen LogP contribution in [0.5, 0.6) is 0 Å². The van der Waals surface area contributed by atoms with Crippen molar-refractivity contribution in [3.05, 3.63) is 5.51 Å². The van der Waals surface area contributed by atoms with Crippen LogP contribution >= 0.6 is 11.3 Å². The first-order valence-electron chi connectivity index (χ1n) is 8.01. The summed E-state index contributed by atoms with van der Waals surface area (Å²) >= 11 is 1.58. The van der Waals surface area contributed by atoms with Crippen molar-refractivity contribution in [3.8, 4) is 0 Å². The minimum absolute atomic E-state index is 0.0238. The molecule has 0 saturated carbocycles. The van der Waals surface area contributed by atoms with Crippen molar-refractivity contribution in [1.29, 1.82) is 0 Å². The minimum Gasteiger partial charge on any atom is -0.375 e. The van der Waals surface area contributed by atoms with Crippen LogP contribution in [0.1, 0.15) is 39.5 Å². The lowest BCUT2D eigenvalue weighted by atomic mass is 9.84. The highest BCUT2D eigenvalue weighted by atomic mass is 32.1. The molecule has 1 aromatic heterocycles. The first-order valence-corrected chi connectivity index (χ1v) is 8.89. The van der Waals surface area contributed by atoms with Gasteiger partial charge < -0.3 is 15.0 Å². The standard InChI is InChI=1S/C15H24N4O2S/c1-11(2)17-13(20)7-12-8-15(21-9-12)3-5-19(6-4-15)14-18-16-10-22-14/h10-12H,3-9H2,1-2H3,(H,17,20)/t12-/m1/s1. The van der Waals surface area contributed by atoms with Crippen molar-refractivity contribution in [2.24, 2.45) is 5.92 Å². The Morgan fingerprint density at radius 3 is 2.95 bits per heavy atom. The molecule has 22 heavy (non-hydrogen) atoms. The molecule has 1 atom stereocenters. The van der Waals surface area contributed by atoms with Gasteiger partial charge in [-0.05, 0) is 39.0 Å². The van der Waals surface area contributed by atoms with Crippen LogP contribution < -0.4 is 10.2 Å². The summed E-state index contributed by atoms with van der Waals surface area (Å²) in [5.41, 5.74) is 1.75. The summed E-state index contributed by atoms with van der Waals surface area (Å²) in [6.45, 7) is 6.62. The van der Waals surface area contributed by atoms with Crippen molar-refractivity contribution < 1.29 is 9.53 Å². The normalized spacial score (nSPS) is 24.1. The number of piperidine rings is 1. The molecule has 0 aliphatic carbocycles. The first-order chi connectivity index (χ1) is 10.6. The van der Waals surface area contributed by atoms with Crippen LogP contribution in [-0.4, -0.2) is 47.4 Å². The van der Waals surface area contributed by atoms with E-state index in [0.29, 0.717) is 18.9 Å². The third kappa shape index (κ3) is 3.57. The van der Waals surface area contributed by atoms with Gasteiger partial charge in [-0.3, -0.25) is 4.79 Å². The second-order valence-electron chi connectivity index (χ2n) is 6.70. The monoisotopic (exact) mass is 324 g/mol. The van der Waals surface area contributed by atoms with Crippen LogP contribution in [0, 0.1) is 5.92 Å². The Labute approximate surface area is 135 Å². The number of carbonyl (C=O) groups is 1. The summed E-state index contributed by atoms with van der Waals surface area (Å²) in [6.07, 6.45) is 3.60. The molecule has 0 bridgehead atoms. The maximum absolute atomic E-state index is 11.9. The Kier molecular flexibility index (Phi) is 4.63. The van der Waals surface area contributed by atoms with Gasteiger partial charge in [0, 0.05) is 25.6 Å². The largest absolute Gasteiger partial charge is 0.375 e. The SMILES string of the molecule is CC(C)NC(=O)C[C@H]1COC2(CCN(c3nncs3)CC2)C1. The highest BCUT2D eigenvalue weighted by Gasteiger charge is 2.43. The molecule has 2 aliphatic rings. The number of aromatic nitrogens is 2. The fourth-order valence-corrected chi connectivity index (χ4v) is 4.09. The molecule has 1 N–H and O–H groups in total. The molecule has 6 nitrogen and oxygen atoms in total. The van der Waals surface area contributed by atoms with Crippen LogP contribution in [0.25, 0.3) is 0 Å². The van der Waals surface area contributed by atoms with E-state index >= 15 is 0 Å². The number of carbonyl (C=O) groups excluding carboxylic acids is 1. The molecule has 1 amide bonds. The van der Waals surface area contributed by atoms with E-state index in [0.717, 1.165) is 37.5 Å². The lowest BCUT2D eigenvalue weighted by molar-refractivity contribution is -0.122. The second-order valence-corrected chi connectivity index (χ2v) is 7.51. The molecule has 3 heterocycles. The summed E-state index contributed by atoms with van der Waals surface area (Å²) in [5.74, 6) is 0.499. The Hall–Kier alpha value is -1.21. The van der Waals surface area contributed by atoms with Crippen molar-refractivity contribution in [2.45, 2.75) is 51.2 Å². The maximum atomic E-state index is 11.9. The van der Waals surface area contributed by atoms with E-state index in [1.807, 2.05) is 13.8 Å². The average molecular weight is 324 g/mol.